The van der Waals surface area contributed by atoms with Gasteiger partial charge >= 0.3 is 6.09 Å². The van der Waals surface area contributed by atoms with Gasteiger partial charge in [-0.15, -0.1) is 24.0 Å². The normalized spacial score (nSPS) is 14.7. The van der Waals surface area contributed by atoms with Crippen LogP contribution in [-0.2, 0) is 11.2 Å². The maximum atomic E-state index is 11.8. The van der Waals surface area contributed by atoms with Gasteiger partial charge in [0.1, 0.15) is 0 Å². The molecule has 0 aliphatic carbocycles. The molecule has 1 amide bonds. The number of ether oxygens (including phenoxy) is 1. The molecule has 2 N–H and O–H groups in total. The lowest BCUT2D eigenvalue weighted by molar-refractivity contribution is 0.0914. The molecule has 0 bridgehead atoms. The molecule has 3 rings (SSSR count). The van der Waals surface area contributed by atoms with Crippen LogP contribution in [0.25, 0.3) is 10.9 Å². The molecule has 2 heterocycles. The van der Waals surface area contributed by atoms with Crippen LogP contribution in [0.5, 0.6) is 0 Å². The third kappa shape index (κ3) is 5.52. The van der Waals surface area contributed by atoms with E-state index in [0.29, 0.717) is 19.7 Å². The van der Waals surface area contributed by atoms with Crippen molar-refractivity contribution < 1.29 is 9.53 Å². The van der Waals surface area contributed by atoms with Crippen molar-refractivity contribution in [3.05, 3.63) is 36.0 Å². The van der Waals surface area contributed by atoms with Crippen molar-refractivity contribution in [2.45, 2.75) is 20.3 Å². The Morgan fingerprint density at radius 2 is 1.89 bits per heavy atom. The molecule has 7 nitrogen and oxygen atoms in total. The lowest BCUT2D eigenvalue weighted by Gasteiger charge is -2.35. The molecule has 1 aromatic heterocycles. The average molecular weight is 499 g/mol. The first-order valence-electron chi connectivity index (χ1n) is 9.72. The second-order valence-corrected chi connectivity index (χ2v) is 6.52. The number of H-pyrrole nitrogens is 1. The van der Waals surface area contributed by atoms with Crippen molar-refractivity contribution in [2.24, 2.45) is 4.99 Å². The highest BCUT2D eigenvalue weighted by Crippen LogP contribution is 2.18. The Kier molecular flexibility index (Phi) is 8.88. The number of para-hydroxylation sites is 1. The molecule has 1 fully saturated rings. The fraction of sp³-hybridized carbons (Fsp3) is 0.500. The molecule has 154 valence electrons. The number of hydrogen-bond acceptors (Lipinski definition) is 3. The minimum absolute atomic E-state index is 0. The van der Waals surface area contributed by atoms with Crippen molar-refractivity contribution in [1.82, 2.24) is 20.1 Å². The van der Waals surface area contributed by atoms with Gasteiger partial charge in [0.25, 0.3) is 0 Å². The van der Waals surface area contributed by atoms with E-state index in [2.05, 4.69) is 46.5 Å². The first kappa shape index (κ1) is 22.3. The van der Waals surface area contributed by atoms with Crippen molar-refractivity contribution in [3.63, 3.8) is 0 Å². The van der Waals surface area contributed by atoms with E-state index in [0.717, 1.165) is 38.6 Å². The number of rotatable bonds is 5. The third-order valence-electron chi connectivity index (χ3n) is 4.76. The minimum Gasteiger partial charge on any atom is -0.450 e. The van der Waals surface area contributed by atoms with Crippen LogP contribution in [0.4, 0.5) is 4.79 Å². The van der Waals surface area contributed by atoms with E-state index in [1.165, 1.54) is 16.5 Å². The van der Waals surface area contributed by atoms with Crippen LogP contribution in [0.1, 0.15) is 19.4 Å². The summed E-state index contributed by atoms with van der Waals surface area (Å²) in [5.41, 5.74) is 2.45. The SMILES string of the molecule is CCNC(=NCCc1c[nH]c2ccccc12)N1CCN(C(=O)OCC)CC1.I. The van der Waals surface area contributed by atoms with Crippen LogP contribution >= 0.6 is 24.0 Å². The number of nitrogens with one attached hydrogen (secondary N) is 2. The molecule has 1 aliphatic rings. The highest BCUT2D eigenvalue weighted by Gasteiger charge is 2.23. The number of nitrogens with zero attached hydrogens (tertiary/aromatic N) is 3. The zero-order valence-corrected chi connectivity index (χ0v) is 18.9. The standard InChI is InChI=1S/C20H29N5O2.HI/c1-3-21-19(24-11-13-25(14-12-24)20(26)27-4-2)22-10-9-16-15-23-18-8-6-5-7-17(16)18;/h5-8,15,23H,3-4,9-14H2,1-2H3,(H,21,22);1H. The molecule has 0 unspecified atom stereocenters. The van der Waals surface area contributed by atoms with Gasteiger partial charge in [0.15, 0.2) is 5.96 Å². The van der Waals surface area contributed by atoms with Gasteiger partial charge in [0.2, 0.25) is 0 Å². The Morgan fingerprint density at radius 1 is 1.18 bits per heavy atom. The highest BCUT2D eigenvalue weighted by molar-refractivity contribution is 14.0. The number of benzene rings is 1. The number of piperazine rings is 1. The molecule has 1 saturated heterocycles. The second-order valence-electron chi connectivity index (χ2n) is 6.52. The van der Waals surface area contributed by atoms with Crippen LogP contribution in [0.3, 0.4) is 0 Å². The van der Waals surface area contributed by atoms with E-state index >= 15 is 0 Å². The Balaban J connectivity index is 0.00000280. The molecule has 0 radical (unpaired) electrons. The van der Waals surface area contributed by atoms with Crippen molar-refractivity contribution in [1.29, 1.82) is 0 Å². The van der Waals surface area contributed by atoms with Crippen LogP contribution in [0.15, 0.2) is 35.5 Å². The van der Waals surface area contributed by atoms with Crippen molar-refractivity contribution in [3.8, 4) is 0 Å². The summed E-state index contributed by atoms with van der Waals surface area (Å²) in [6.07, 6.45) is 2.74. The predicted octanol–water partition coefficient (Wildman–Crippen LogP) is 3.07. The number of carbonyl (C=O) groups excluding carboxylic acids is 1. The van der Waals surface area contributed by atoms with E-state index in [9.17, 15) is 4.79 Å². The minimum atomic E-state index is -0.224. The molecule has 1 aliphatic heterocycles. The number of fused-ring (bicyclic) bond motifs is 1. The van der Waals surface area contributed by atoms with Crippen LogP contribution in [0, 0.1) is 0 Å². The first-order valence-corrected chi connectivity index (χ1v) is 9.72. The Bertz CT molecular complexity index is 784. The van der Waals surface area contributed by atoms with Gasteiger partial charge in [-0.25, -0.2) is 4.79 Å². The summed E-state index contributed by atoms with van der Waals surface area (Å²) in [6.45, 7) is 8.71. The highest BCUT2D eigenvalue weighted by atomic mass is 127. The second kappa shape index (κ2) is 11.1. The summed E-state index contributed by atoms with van der Waals surface area (Å²) in [5.74, 6) is 0.917. The zero-order valence-electron chi connectivity index (χ0n) is 16.6. The van der Waals surface area contributed by atoms with E-state index in [4.69, 9.17) is 9.73 Å². The van der Waals surface area contributed by atoms with Gasteiger partial charge in [-0.2, -0.15) is 0 Å². The fourth-order valence-electron chi connectivity index (χ4n) is 3.36. The van der Waals surface area contributed by atoms with E-state index in [-0.39, 0.29) is 30.1 Å². The van der Waals surface area contributed by atoms with Gasteiger partial charge in [0.05, 0.1) is 6.61 Å². The fourth-order valence-corrected chi connectivity index (χ4v) is 3.36. The van der Waals surface area contributed by atoms with Gasteiger partial charge in [-0.3, -0.25) is 4.99 Å². The molecule has 1 aromatic carbocycles. The lowest BCUT2D eigenvalue weighted by Crippen LogP contribution is -2.54. The van der Waals surface area contributed by atoms with E-state index in [1.807, 2.05) is 13.0 Å². The largest absolute Gasteiger partial charge is 0.450 e. The summed E-state index contributed by atoms with van der Waals surface area (Å²) in [7, 11) is 0. The smallest absolute Gasteiger partial charge is 0.409 e. The quantitative estimate of drug-likeness (QED) is 0.377. The van der Waals surface area contributed by atoms with Crippen molar-refractivity contribution in [2.75, 3.05) is 45.9 Å². The topological polar surface area (TPSA) is 73.0 Å². The monoisotopic (exact) mass is 499 g/mol. The molecule has 2 aromatic rings. The maximum Gasteiger partial charge on any atom is 0.409 e. The lowest BCUT2D eigenvalue weighted by atomic mass is 10.1. The van der Waals surface area contributed by atoms with Crippen molar-refractivity contribution >= 4 is 46.9 Å². The van der Waals surface area contributed by atoms with Crippen LogP contribution < -0.4 is 5.32 Å². The van der Waals surface area contributed by atoms with Gasteiger partial charge in [-0.05, 0) is 31.9 Å². The predicted molar refractivity (Wildman–Crippen MR) is 124 cm³/mol. The Labute approximate surface area is 183 Å². The summed E-state index contributed by atoms with van der Waals surface area (Å²) in [4.78, 5) is 23.9. The number of amides is 1. The Hall–Kier alpha value is -1.97. The summed E-state index contributed by atoms with van der Waals surface area (Å²) in [5, 5.41) is 4.64. The molecule has 8 heteroatoms. The third-order valence-corrected chi connectivity index (χ3v) is 4.76. The van der Waals surface area contributed by atoms with Crippen LogP contribution in [-0.4, -0.2) is 72.7 Å². The molecule has 0 saturated carbocycles. The van der Waals surface area contributed by atoms with Gasteiger partial charge in [-0.1, -0.05) is 18.2 Å². The molecular weight excluding hydrogens is 469 g/mol. The number of halogens is 1. The molecule has 28 heavy (non-hydrogen) atoms. The summed E-state index contributed by atoms with van der Waals surface area (Å²) in [6, 6.07) is 8.34. The summed E-state index contributed by atoms with van der Waals surface area (Å²) >= 11 is 0. The molecule has 0 spiro atoms. The maximum absolute atomic E-state index is 11.8. The Morgan fingerprint density at radius 3 is 2.61 bits per heavy atom. The van der Waals surface area contributed by atoms with Crippen LogP contribution in [0.2, 0.25) is 0 Å². The number of hydrogen-bond donors (Lipinski definition) is 2. The zero-order chi connectivity index (χ0) is 19.1. The molecule has 0 atom stereocenters. The van der Waals surface area contributed by atoms with E-state index < -0.39 is 0 Å². The number of aromatic amines is 1. The van der Waals surface area contributed by atoms with Gasteiger partial charge < -0.3 is 24.8 Å². The first-order chi connectivity index (χ1) is 13.2. The summed E-state index contributed by atoms with van der Waals surface area (Å²) < 4.78 is 5.09. The number of aliphatic imine (C=N–C) groups is 1. The molecular formula is C20H30IN5O2. The van der Waals surface area contributed by atoms with Gasteiger partial charge in [0, 0.05) is 56.4 Å². The number of carbonyl (C=O) groups is 1. The average Bonchev–Trinajstić information content (AvgIpc) is 3.11. The van der Waals surface area contributed by atoms with E-state index in [1.54, 1.807) is 4.90 Å². The number of guanidine groups is 1. The number of aromatic nitrogens is 1.